The van der Waals surface area contributed by atoms with Crippen molar-refractivity contribution in [1.82, 2.24) is 10.2 Å². The average Bonchev–Trinajstić information content (AvgIpc) is 2.70. The number of rotatable bonds is 2. The van der Waals surface area contributed by atoms with Gasteiger partial charge in [0, 0.05) is 31.7 Å². The van der Waals surface area contributed by atoms with Crippen LogP contribution in [-0.4, -0.2) is 48.3 Å². The van der Waals surface area contributed by atoms with E-state index in [-0.39, 0.29) is 0 Å². The molecule has 1 saturated carbocycles. The second kappa shape index (κ2) is 5.03. The summed E-state index contributed by atoms with van der Waals surface area (Å²) in [5.41, 5.74) is 0.326. The van der Waals surface area contributed by atoms with Crippen molar-refractivity contribution < 1.29 is 5.11 Å². The van der Waals surface area contributed by atoms with Crippen LogP contribution in [0.5, 0.6) is 0 Å². The van der Waals surface area contributed by atoms with E-state index in [0.717, 1.165) is 25.7 Å². The molecule has 3 heteroatoms. The van der Waals surface area contributed by atoms with Gasteiger partial charge in [-0.15, -0.1) is 0 Å². The summed E-state index contributed by atoms with van der Waals surface area (Å²) in [4.78, 5) is 2.58. The lowest BCUT2D eigenvalue weighted by Gasteiger charge is -2.37. The van der Waals surface area contributed by atoms with Crippen molar-refractivity contribution in [2.75, 3.05) is 26.2 Å². The largest absolute Gasteiger partial charge is 0.395 e. The molecule has 2 fully saturated rings. The molecule has 0 bridgehead atoms. The summed E-state index contributed by atoms with van der Waals surface area (Å²) in [6, 6.07) is 1.04. The Labute approximate surface area is 99.2 Å². The topological polar surface area (TPSA) is 35.5 Å². The molecule has 0 aromatic rings. The van der Waals surface area contributed by atoms with E-state index in [1.54, 1.807) is 0 Å². The van der Waals surface area contributed by atoms with Gasteiger partial charge in [0.1, 0.15) is 0 Å². The first-order valence-corrected chi connectivity index (χ1v) is 6.70. The quantitative estimate of drug-likeness (QED) is 0.743. The molecule has 1 aliphatic heterocycles. The van der Waals surface area contributed by atoms with Crippen molar-refractivity contribution in [3.05, 3.63) is 0 Å². The molecule has 1 heterocycles. The summed E-state index contributed by atoms with van der Waals surface area (Å²) in [6.07, 6.45) is 5.39. The van der Waals surface area contributed by atoms with Crippen molar-refractivity contribution in [2.45, 2.75) is 51.6 Å². The van der Waals surface area contributed by atoms with Gasteiger partial charge in [-0.25, -0.2) is 0 Å². The molecule has 2 N–H and O–H groups in total. The van der Waals surface area contributed by atoms with E-state index >= 15 is 0 Å². The van der Waals surface area contributed by atoms with Gasteiger partial charge >= 0.3 is 0 Å². The lowest BCUT2D eigenvalue weighted by atomic mass is 9.92. The third-order valence-electron chi connectivity index (χ3n) is 4.07. The molecule has 1 saturated heterocycles. The minimum Gasteiger partial charge on any atom is -0.395 e. The van der Waals surface area contributed by atoms with Crippen LogP contribution in [-0.2, 0) is 0 Å². The highest BCUT2D eigenvalue weighted by Gasteiger charge is 2.35. The predicted octanol–water partition coefficient (Wildman–Crippen LogP) is 1.22. The van der Waals surface area contributed by atoms with E-state index in [1.807, 2.05) is 0 Å². The Hall–Kier alpha value is -0.120. The number of aliphatic hydroxyl groups is 1. The van der Waals surface area contributed by atoms with Gasteiger partial charge in [0.2, 0.25) is 0 Å². The minimum absolute atomic E-state index is 0.291. The molecule has 94 valence electrons. The number of hydrogen-bond donors (Lipinski definition) is 2. The first-order valence-electron chi connectivity index (χ1n) is 6.70. The summed E-state index contributed by atoms with van der Waals surface area (Å²) < 4.78 is 0. The van der Waals surface area contributed by atoms with Crippen LogP contribution in [0.1, 0.15) is 39.5 Å². The fraction of sp³-hybridized carbons (Fsp3) is 1.00. The Kier molecular flexibility index (Phi) is 3.88. The van der Waals surface area contributed by atoms with Crippen molar-refractivity contribution in [1.29, 1.82) is 0 Å². The summed E-state index contributed by atoms with van der Waals surface area (Å²) >= 11 is 0. The molecule has 0 spiro atoms. The fourth-order valence-corrected chi connectivity index (χ4v) is 3.21. The molecule has 0 aromatic carbocycles. The van der Waals surface area contributed by atoms with Crippen LogP contribution in [0, 0.1) is 5.41 Å². The van der Waals surface area contributed by atoms with Crippen molar-refractivity contribution in [3.63, 3.8) is 0 Å². The molecule has 0 radical (unpaired) electrons. The Morgan fingerprint density at radius 3 is 2.62 bits per heavy atom. The summed E-state index contributed by atoms with van der Waals surface area (Å²) in [7, 11) is 0. The highest BCUT2D eigenvalue weighted by Crippen LogP contribution is 2.29. The molecule has 3 nitrogen and oxygen atoms in total. The molecular formula is C13H26N2O. The Balaban J connectivity index is 2.08. The number of nitrogens with one attached hydrogen (secondary N) is 1. The van der Waals surface area contributed by atoms with Crippen LogP contribution in [0.15, 0.2) is 0 Å². The Morgan fingerprint density at radius 2 is 2.00 bits per heavy atom. The van der Waals surface area contributed by atoms with Crippen molar-refractivity contribution in [2.24, 2.45) is 5.41 Å². The van der Waals surface area contributed by atoms with E-state index in [2.05, 4.69) is 24.1 Å². The molecule has 2 aliphatic rings. The second-order valence-corrected chi connectivity index (χ2v) is 6.24. The Bertz CT molecular complexity index is 224. The van der Waals surface area contributed by atoms with Crippen LogP contribution in [0.3, 0.4) is 0 Å². The van der Waals surface area contributed by atoms with Crippen molar-refractivity contribution in [3.8, 4) is 0 Å². The summed E-state index contributed by atoms with van der Waals surface area (Å²) in [5, 5.41) is 13.0. The van der Waals surface area contributed by atoms with Gasteiger partial charge in [-0.3, -0.25) is 4.90 Å². The van der Waals surface area contributed by atoms with Crippen molar-refractivity contribution >= 4 is 0 Å². The maximum absolute atomic E-state index is 9.54. The molecule has 1 atom stereocenters. The van der Waals surface area contributed by atoms with E-state index in [4.69, 9.17) is 0 Å². The van der Waals surface area contributed by atoms with Crippen LogP contribution in [0.2, 0.25) is 0 Å². The third kappa shape index (κ3) is 2.76. The second-order valence-electron chi connectivity index (χ2n) is 6.24. The van der Waals surface area contributed by atoms with Gasteiger partial charge < -0.3 is 10.4 Å². The zero-order valence-electron chi connectivity index (χ0n) is 10.7. The first-order chi connectivity index (χ1) is 7.62. The highest BCUT2D eigenvalue weighted by molar-refractivity contribution is 4.91. The normalized spacial score (nSPS) is 32.8. The van der Waals surface area contributed by atoms with Gasteiger partial charge in [0.05, 0.1) is 6.61 Å². The lowest BCUT2D eigenvalue weighted by Crippen LogP contribution is -2.48. The monoisotopic (exact) mass is 226 g/mol. The smallest absolute Gasteiger partial charge is 0.0599 e. The maximum Gasteiger partial charge on any atom is 0.0599 e. The van der Waals surface area contributed by atoms with Gasteiger partial charge in [-0.05, 0) is 18.3 Å². The molecule has 2 rings (SSSR count). The van der Waals surface area contributed by atoms with E-state index in [1.165, 1.54) is 25.7 Å². The van der Waals surface area contributed by atoms with E-state index < -0.39 is 0 Å². The molecular weight excluding hydrogens is 200 g/mol. The molecule has 0 amide bonds. The van der Waals surface area contributed by atoms with Gasteiger partial charge in [0.15, 0.2) is 0 Å². The molecule has 16 heavy (non-hydrogen) atoms. The standard InChI is InChI=1S/C13H26N2O/c1-13(2)9-14-7-12(8-16)15(10-13)11-5-3-4-6-11/h11-12,14,16H,3-10H2,1-2H3. The lowest BCUT2D eigenvalue weighted by molar-refractivity contribution is 0.0693. The van der Waals surface area contributed by atoms with Gasteiger partial charge in [-0.2, -0.15) is 0 Å². The SMILES string of the molecule is CC1(C)CNCC(CO)N(C2CCCC2)C1. The third-order valence-corrected chi connectivity index (χ3v) is 4.07. The zero-order chi connectivity index (χ0) is 11.6. The summed E-state index contributed by atoms with van der Waals surface area (Å²) in [5.74, 6) is 0. The highest BCUT2D eigenvalue weighted by atomic mass is 16.3. The van der Waals surface area contributed by atoms with Crippen LogP contribution in [0.25, 0.3) is 0 Å². The molecule has 1 aliphatic carbocycles. The Morgan fingerprint density at radius 1 is 1.31 bits per heavy atom. The van der Waals surface area contributed by atoms with Gasteiger partial charge in [0.25, 0.3) is 0 Å². The first kappa shape index (κ1) is 12.3. The molecule has 1 unspecified atom stereocenters. The van der Waals surface area contributed by atoms with Gasteiger partial charge in [-0.1, -0.05) is 26.7 Å². The van der Waals surface area contributed by atoms with Crippen LogP contribution >= 0.6 is 0 Å². The minimum atomic E-state index is 0.291. The number of hydrogen-bond acceptors (Lipinski definition) is 3. The van der Waals surface area contributed by atoms with E-state index in [9.17, 15) is 5.11 Å². The fourth-order valence-electron chi connectivity index (χ4n) is 3.21. The summed E-state index contributed by atoms with van der Waals surface area (Å²) in [6.45, 7) is 8.06. The maximum atomic E-state index is 9.54. The predicted molar refractivity (Wildman–Crippen MR) is 66.5 cm³/mol. The number of nitrogens with zero attached hydrogens (tertiary/aromatic N) is 1. The van der Waals surface area contributed by atoms with Crippen LogP contribution < -0.4 is 5.32 Å². The average molecular weight is 226 g/mol. The molecule has 0 aromatic heterocycles. The number of aliphatic hydroxyl groups excluding tert-OH is 1. The van der Waals surface area contributed by atoms with E-state index in [0.29, 0.717) is 18.1 Å². The van der Waals surface area contributed by atoms with Crippen LogP contribution in [0.4, 0.5) is 0 Å². The zero-order valence-corrected chi connectivity index (χ0v) is 10.7.